The molecule has 0 amide bonds. The van der Waals surface area contributed by atoms with E-state index in [1.54, 1.807) is 16.8 Å². The van der Waals surface area contributed by atoms with Gasteiger partial charge in [-0.1, -0.05) is 36.0 Å². The van der Waals surface area contributed by atoms with Gasteiger partial charge in [-0.15, -0.1) is 11.3 Å². The molecule has 1 saturated heterocycles. The van der Waals surface area contributed by atoms with Gasteiger partial charge in [0, 0.05) is 43.8 Å². The average molecular weight is 491 g/mol. The smallest absolute Gasteiger partial charge is 0.121 e. The number of thiocarbonyl (C=S) groups is 1. The summed E-state index contributed by atoms with van der Waals surface area (Å²) in [6, 6.07) is 13.7. The van der Waals surface area contributed by atoms with Crippen LogP contribution in [0, 0.1) is 6.92 Å². The van der Waals surface area contributed by atoms with Gasteiger partial charge < -0.3 is 9.84 Å². The Kier molecular flexibility index (Phi) is 7.93. The number of benzene rings is 2. The molecule has 0 spiro atoms. The lowest BCUT2D eigenvalue weighted by Gasteiger charge is -2.40. The van der Waals surface area contributed by atoms with E-state index in [-0.39, 0.29) is 6.61 Å². The fraction of sp³-hybridized carbons (Fsp3) is 0.391. The molecule has 0 radical (unpaired) electrons. The Hall–Kier alpha value is -1.81. The molecule has 2 heterocycles. The Morgan fingerprint density at radius 2 is 1.97 bits per heavy atom. The van der Waals surface area contributed by atoms with Crippen molar-refractivity contribution < 1.29 is 9.84 Å². The number of ether oxygens (including phenoxy) is 1. The molecule has 9 heteroatoms. The molecule has 0 saturated carbocycles. The van der Waals surface area contributed by atoms with Crippen molar-refractivity contribution in [1.82, 2.24) is 19.9 Å². The van der Waals surface area contributed by atoms with Gasteiger partial charge in [-0.3, -0.25) is 9.91 Å². The molecule has 2 aromatic carbocycles. The minimum Gasteiger partial charge on any atom is -0.491 e. The lowest BCUT2D eigenvalue weighted by Crippen LogP contribution is -2.54. The van der Waals surface area contributed by atoms with Crippen LogP contribution in [-0.2, 0) is 6.54 Å². The highest BCUT2D eigenvalue weighted by atomic mass is 35.5. The fourth-order valence-corrected chi connectivity index (χ4v) is 4.95. The molecular weight excluding hydrogens is 464 g/mol. The van der Waals surface area contributed by atoms with Crippen molar-refractivity contribution in [2.24, 2.45) is 0 Å². The number of aromatic nitrogens is 1. The zero-order chi connectivity index (χ0) is 22.5. The third kappa shape index (κ3) is 6.15. The van der Waals surface area contributed by atoms with Gasteiger partial charge in [-0.05, 0) is 36.8 Å². The molecule has 1 atom stereocenters. The number of hydrogen-bond acceptors (Lipinski definition) is 7. The van der Waals surface area contributed by atoms with Crippen LogP contribution in [0.1, 0.15) is 10.6 Å². The van der Waals surface area contributed by atoms with E-state index in [0.29, 0.717) is 6.54 Å². The van der Waals surface area contributed by atoms with Crippen LogP contribution < -0.4 is 4.74 Å². The number of aliphatic hydroxyl groups excluding tert-OH is 1. The lowest BCUT2D eigenvalue weighted by atomic mass is 10.2. The number of halogens is 1. The monoisotopic (exact) mass is 490 g/mol. The largest absolute Gasteiger partial charge is 0.491 e. The van der Waals surface area contributed by atoms with Gasteiger partial charge in [0.2, 0.25) is 0 Å². The number of aryl methyl sites for hydroxylation is 1. The zero-order valence-corrected chi connectivity index (χ0v) is 20.4. The molecule has 6 nitrogen and oxygen atoms in total. The lowest BCUT2D eigenvalue weighted by molar-refractivity contribution is -0.0187. The highest BCUT2D eigenvalue weighted by Crippen LogP contribution is 2.25. The van der Waals surface area contributed by atoms with Gasteiger partial charge >= 0.3 is 0 Å². The Morgan fingerprint density at radius 3 is 2.69 bits per heavy atom. The van der Waals surface area contributed by atoms with Crippen LogP contribution in [0.25, 0.3) is 10.2 Å². The molecular formula is C23H27ClN4O2S2. The second-order valence-electron chi connectivity index (χ2n) is 7.91. The third-order valence-corrected chi connectivity index (χ3v) is 6.92. The summed E-state index contributed by atoms with van der Waals surface area (Å²) in [4.78, 5) is 6.76. The normalized spacial score (nSPS) is 16.2. The van der Waals surface area contributed by atoms with Crippen LogP contribution >= 0.6 is 35.2 Å². The van der Waals surface area contributed by atoms with Crippen LogP contribution in [-0.4, -0.2) is 75.9 Å². The molecule has 0 aliphatic carbocycles. The van der Waals surface area contributed by atoms with Gasteiger partial charge in [0.05, 0.1) is 27.3 Å². The maximum absolute atomic E-state index is 10.5. The molecule has 1 fully saturated rings. The zero-order valence-electron chi connectivity index (χ0n) is 18.0. The number of aliphatic hydroxyl groups is 1. The average Bonchev–Trinajstić information content (AvgIpc) is 3.17. The number of rotatable bonds is 9. The molecule has 1 aromatic heterocycles. The minimum atomic E-state index is -0.551. The summed E-state index contributed by atoms with van der Waals surface area (Å²) in [5, 5.41) is 16.6. The van der Waals surface area contributed by atoms with E-state index < -0.39 is 6.10 Å². The van der Waals surface area contributed by atoms with Gasteiger partial charge in [0.15, 0.2) is 0 Å². The fourth-order valence-electron chi connectivity index (χ4n) is 3.81. The molecule has 3 aromatic rings. The molecule has 4 rings (SSSR count). The van der Waals surface area contributed by atoms with E-state index in [1.165, 1.54) is 0 Å². The van der Waals surface area contributed by atoms with Crippen molar-refractivity contribution in [1.29, 1.82) is 0 Å². The SMILES string of the molecule is Cc1nc2cc(OC[C@H](O)CN3CCN(N(C=S)Cc4ccc(Cl)cc4)CC3)ccc2s1. The van der Waals surface area contributed by atoms with Crippen molar-refractivity contribution in [2.75, 3.05) is 39.3 Å². The maximum Gasteiger partial charge on any atom is 0.121 e. The number of thiazole rings is 1. The number of β-amino-alcohol motifs (C(OH)–C–C–N with tert-alkyl or cyclic N) is 1. The van der Waals surface area contributed by atoms with Crippen LogP contribution in [0.4, 0.5) is 0 Å². The highest BCUT2D eigenvalue weighted by Gasteiger charge is 2.22. The topological polar surface area (TPSA) is 52.1 Å². The first kappa shape index (κ1) is 23.4. The summed E-state index contributed by atoms with van der Waals surface area (Å²) in [5.41, 5.74) is 3.81. The number of piperazine rings is 1. The van der Waals surface area contributed by atoms with Gasteiger partial charge in [0.25, 0.3) is 0 Å². The summed E-state index contributed by atoms with van der Waals surface area (Å²) in [6.45, 7) is 7.00. The Balaban J connectivity index is 1.22. The Labute approximate surface area is 202 Å². The van der Waals surface area contributed by atoms with E-state index in [2.05, 4.69) is 19.9 Å². The van der Waals surface area contributed by atoms with Crippen molar-refractivity contribution in [2.45, 2.75) is 19.6 Å². The number of nitrogens with zero attached hydrogens (tertiary/aromatic N) is 4. The molecule has 1 N–H and O–H groups in total. The predicted octanol–water partition coefficient (Wildman–Crippen LogP) is 3.99. The third-order valence-electron chi connectivity index (χ3n) is 5.47. The van der Waals surface area contributed by atoms with E-state index in [9.17, 15) is 5.11 Å². The summed E-state index contributed by atoms with van der Waals surface area (Å²) < 4.78 is 6.97. The van der Waals surface area contributed by atoms with Crippen LogP contribution in [0.5, 0.6) is 5.75 Å². The van der Waals surface area contributed by atoms with E-state index >= 15 is 0 Å². The second-order valence-corrected chi connectivity index (χ2v) is 9.79. The Bertz CT molecular complexity index is 1040. The molecule has 0 bridgehead atoms. The summed E-state index contributed by atoms with van der Waals surface area (Å²) in [6.07, 6.45) is -0.551. The summed E-state index contributed by atoms with van der Waals surface area (Å²) >= 11 is 12.9. The quantitative estimate of drug-likeness (QED) is 0.455. The highest BCUT2D eigenvalue weighted by molar-refractivity contribution is 7.78. The van der Waals surface area contributed by atoms with E-state index in [1.807, 2.05) is 49.4 Å². The van der Waals surface area contributed by atoms with Gasteiger partial charge in [-0.2, -0.15) is 0 Å². The van der Waals surface area contributed by atoms with E-state index in [0.717, 1.165) is 64.3 Å². The van der Waals surface area contributed by atoms with Crippen molar-refractivity contribution in [3.63, 3.8) is 0 Å². The van der Waals surface area contributed by atoms with Crippen molar-refractivity contribution >= 4 is 50.9 Å². The van der Waals surface area contributed by atoms with Crippen molar-refractivity contribution in [3.8, 4) is 5.75 Å². The molecule has 1 aliphatic heterocycles. The molecule has 1 aliphatic rings. The van der Waals surface area contributed by atoms with Crippen LogP contribution in [0.15, 0.2) is 42.5 Å². The van der Waals surface area contributed by atoms with Crippen molar-refractivity contribution in [3.05, 3.63) is 58.1 Å². The first-order valence-electron chi connectivity index (χ1n) is 10.6. The van der Waals surface area contributed by atoms with Gasteiger partial charge in [0.1, 0.15) is 18.5 Å². The second kappa shape index (κ2) is 10.9. The van der Waals surface area contributed by atoms with Crippen LogP contribution in [0.3, 0.4) is 0 Å². The van der Waals surface area contributed by atoms with Gasteiger partial charge in [-0.25, -0.2) is 9.99 Å². The first-order chi connectivity index (χ1) is 15.5. The van der Waals surface area contributed by atoms with E-state index in [4.69, 9.17) is 28.6 Å². The number of fused-ring (bicyclic) bond motifs is 1. The predicted molar refractivity (Wildman–Crippen MR) is 135 cm³/mol. The van der Waals surface area contributed by atoms with Crippen LogP contribution in [0.2, 0.25) is 5.02 Å². The Morgan fingerprint density at radius 1 is 1.22 bits per heavy atom. The minimum absolute atomic E-state index is 0.261. The number of hydrogen-bond donors (Lipinski definition) is 1. The molecule has 32 heavy (non-hydrogen) atoms. The first-order valence-corrected chi connectivity index (χ1v) is 12.3. The standard InChI is InChI=1S/C23H27ClN4O2S2/c1-17-25-22-12-21(6-7-23(22)32-17)30-15-20(29)14-26-8-10-27(11-9-26)28(16-31)13-18-2-4-19(24)5-3-18/h2-7,12,16,20,29H,8-11,13-15H2,1H3/t20-/m1/s1. The maximum atomic E-state index is 10.5. The number of hydrazine groups is 1. The summed E-state index contributed by atoms with van der Waals surface area (Å²) in [7, 11) is 0. The molecule has 170 valence electrons. The molecule has 0 unspecified atom stereocenters. The summed E-state index contributed by atoms with van der Waals surface area (Å²) in [5.74, 6) is 0.741.